The fraction of sp³-hybridized carbons (Fsp3) is 0.200. The molecule has 2 aromatic heterocycles. The number of benzene rings is 2. The van der Waals surface area contributed by atoms with E-state index in [1.165, 1.54) is 0 Å². The van der Waals surface area contributed by atoms with Crippen LogP contribution in [0.5, 0.6) is 5.75 Å². The predicted octanol–water partition coefficient (Wildman–Crippen LogP) is 1.99. The van der Waals surface area contributed by atoms with Gasteiger partial charge in [0, 0.05) is 16.6 Å². The Morgan fingerprint density at radius 3 is 2.83 bits per heavy atom. The first-order valence-corrected chi connectivity index (χ1v) is 9.46. The van der Waals surface area contributed by atoms with Gasteiger partial charge in [0.15, 0.2) is 12.4 Å². The van der Waals surface area contributed by atoms with Crippen molar-refractivity contribution in [1.82, 2.24) is 30.7 Å². The summed E-state index contributed by atoms with van der Waals surface area (Å²) in [6.07, 6.45) is 1.76. The van der Waals surface area contributed by atoms with Gasteiger partial charge in [0.05, 0.1) is 31.0 Å². The molecule has 2 aromatic carbocycles. The lowest BCUT2D eigenvalue weighted by Gasteiger charge is -2.26. The molecule has 30 heavy (non-hydrogen) atoms. The third-order valence-corrected chi connectivity index (χ3v) is 4.68. The molecule has 0 saturated carbocycles. The second-order valence-corrected chi connectivity index (χ2v) is 6.92. The molecule has 4 aromatic rings. The molecule has 0 atom stereocenters. The van der Waals surface area contributed by atoms with Crippen molar-refractivity contribution >= 4 is 28.4 Å². The third-order valence-electron chi connectivity index (χ3n) is 4.68. The summed E-state index contributed by atoms with van der Waals surface area (Å²) >= 11 is 0. The largest absolute Gasteiger partial charge is 0.484 e. The van der Waals surface area contributed by atoms with E-state index in [4.69, 9.17) is 9.47 Å². The monoisotopic (exact) mass is 405 g/mol. The van der Waals surface area contributed by atoms with Crippen LogP contribution in [0.3, 0.4) is 0 Å². The highest BCUT2D eigenvalue weighted by atomic mass is 16.5. The number of nitrogens with one attached hydrogen (secondary N) is 4. The summed E-state index contributed by atoms with van der Waals surface area (Å²) < 4.78 is 10.5. The minimum Gasteiger partial charge on any atom is -0.484 e. The zero-order valence-corrected chi connectivity index (χ0v) is 15.9. The molecule has 1 saturated heterocycles. The fourth-order valence-electron chi connectivity index (χ4n) is 3.04. The second-order valence-electron chi connectivity index (χ2n) is 6.92. The van der Waals surface area contributed by atoms with E-state index in [0.717, 1.165) is 22.2 Å². The van der Waals surface area contributed by atoms with Gasteiger partial charge >= 0.3 is 0 Å². The van der Waals surface area contributed by atoms with Gasteiger partial charge in [0.2, 0.25) is 5.95 Å². The summed E-state index contributed by atoms with van der Waals surface area (Å²) in [6.45, 7) is 1.09. The van der Waals surface area contributed by atoms with Crippen LogP contribution in [0.2, 0.25) is 0 Å². The van der Waals surface area contributed by atoms with Gasteiger partial charge in [0.1, 0.15) is 5.75 Å². The number of anilines is 2. The maximum Gasteiger partial charge on any atom is 0.258 e. The standard InChI is InChI=1S/C20H19N7O3/c28-18(22-15-9-29-10-15)11-30-16-4-1-12(2-5-16)19-24-20(27-26-19)23-14-3-6-17-13(7-14)8-21-25-17/h1-8,15H,9-11H2,(H,21,25)(H,22,28)(H2,23,24,26,27). The normalized spacial score (nSPS) is 13.7. The summed E-state index contributed by atoms with van der Waals surface area (Å²) in [5.41, 5.74) is 2.68. The number of ether oxygens (including phenoxy) is 2. The average molecular weight is 405 g/mol. The summed E-state index contributed by atoms with van der Waals surface area (Å²) in [6, 6.07) is 13.2. The number of rotatable bonds is 7. The van der Waals surface area contributed by atoms with Crippen LogP contribution < -0.4 is 15.4 Å². The van der Waals surface area contributed by atoms with Crippen molar-refractivity contribution in [1.29, 1.82) is 0 Å². The number of carbonyl (C=O) groups excluding carboxylic acids is 1. The third kappa shape index (κ3) is 3.94. The molecule has 10 heteroatoms. The van der Waals surface area contributed by atoms with Crippen molar-refractivity contribution in [3.05, 3.63) is 48.7 Å². The number of amides is 1. The Morgan fingerprint density at radius 2 is 2.03 bits per heavy atom. The lowest BCUT2D eigenvalue weighted by Crippen LogP contribution is -2.49. The van der Waals surface area contributed by atoms with E-state index in [0.29, 0.717) is 30.7 Å². The van der Waals surface area contributed by atoms with Crippen LogP contribution >= 0.6 is 0 Å². The smallest absolute Gasteiger partial charge is 0.258 e. The number of nitrogens with zero attached hydrogens (tertiary/aromatic N) is 3. The molecule has 0 aliphatic carbocycles. The van der Waals surface area contributed by atoms with E-state index >= 15 is 0 Å². The molecule has 0 spiro atoms. The first-order valence-electron chi connectivity index (χ1n) is 9.46. The van der Waals surface area contributed by atoms with Crippen molar-refractivity contribution in [2.45, 2.75) is 6.04 Å². The average Bonchev–Trinajstić information content (AvgIpc) is 3.39. The molecular weight excluding hydrogens is 386 g/mol. The van der Waals surface area contributed by atoms with Gasteiger partial charge < -0.3 is 20.1 Å². The SMILES string of the molecule is O=C(COc1ccc(-c2nc(Nc3ccc4[nH]ncc4c3)n[nH]2)cc1)NC1COC1. The fourth-order valence-corrected chi connectivity index (χ4v) is 3.04. The molecule has 5 rings (SSSR count). The Balaban J connectivity index is 1.19. The summed E-state index contributed by atoms with van der Waals surface area (Å²) in [5, 5.41) is 21.1. The second kappa shape index (κ2) is 7.84. The number of carbonyl (C=O) groups is 1. The van der Waals surface area contributed by atoms with Gasteiger partial charge in [-0.05, 0) is 42.5 Å². The van der Waals surface area contributed by atoms with Crippen LogP contribution in [0.15, 0.2) is 48.7 Å². The van der Waals surface area contributed by atoms with Crippen molar-refractivity contribution in [2.24, 2.45) is 0 Å². The van der Waals surface area contributed by atoms with Crippen molar-refractivity contribution < 1.29 is 14.3 Å². The quantitative estimate of drug-likeness (QED) is 0.370. The Kier molecular flexibility index (Phi) is 4.74. The molecule has 1 amide bonds. The van der Waals surface area contributed by atoms with Gasteiger partial charge in [-0.3, -0.25) is 15.0 Å². The Bertz CT molecular complexity index is 1160. The van der Waals surface area contributed by atoms with Crippen molar-refractivity contribution in [3.8, 4) is 17.1 Å². The maximum atomic E-state index is 11.8. The number of hydrogen-bond acceptors (Lipinski definition) is 7. The molecule has 1 fully saturated rings. The molecule has 1 aliphatic heterocycles. The molecular formula is C20H19N7O3. The molecule has 0 radical (unpaired) electrons. The lowest BCUT2D eigenvalue weighted by molar-refractivity contribution is -0.127. The highest BCUT2D eigenvalue weighted by Gasteiger charge is 2.20. The van der Waals surface area contributed by atoms with Crippen LogP contribution in [0.1, 0.15) is 0 Å². The molecule has 0 unspecified atom stereocenters. The van der Waals surface area contributed by atoms with Gasteiger partial charge in [-0.2, -0.15) is 10.1 Å². The minimum absolute atomic E-state index is 0.0345. The highest BCUT2D eigenvalue weighted by Crippen LogP contribution is 2.23. The Hall–Kier alpha value is -3.92. The molecule has 3 heterocycles. The van der Waals surface area contributed by atoms with Crippen LogP contribution in [0.25, 0.3) is 22.3 Å². The first kappa shape index (κ1) is 18.1. The molecule has 4 N–H and O–H groups in total. The number of aromatic nitrogens is 5. The molecule has 0 bridgehead atoms. The van der Waals surface area contributed by atoms with Gasteiger partial charge in [0.25, 0.3) is 5.91 Å². The van der Waals surface area contributed by atoms with Crippen LogP contribution in [0, 0.1) is 0 Å². The zero-order chi connectivity index (χ0) is 20.3. The molecule has 10 nitrogen and oxygen atoms in total. The number of fused-ring (bicyclic) bond motifs is 1. The Morgan fingerprint density at radius 1 is 1.17 bits per heavy atom. The lowest BCUT2D eigenvalue weighted by atomic mass is 10.2. The zero-order valence-electron chi connectivity index (χ0n) is 15.9. The van der Waals surface area contributed by atoms with E-state index in [-0.39, 0.29) is 18.6 Å². The van der Waals surface area contributed by atoms with E-state index in [2.05, 4.69) is 36.0 Å². The topological polar surface area (TPSA) is 130 Å². The summed E-state index contributed by atoms with van der Waals surface area (Å²) in [5.74, 6) is 1.53. The molecule has 152 valence electrons. The first-order chi connectivity index (χ1) is 14.7. The van der Waals surface area contributed by atoms with E-state index in [1.54, 1.807) is 18.3 Å². The maximum absolute atomic E-state index is 11.8. The van der Waals surface area contributed by atoms with E-state index in [9.17, 15) is 4.79 Å². The summed E-state index contributed by atoms with van der Waals surface area (Å²) in [4.78, 5) is 16.3. The minimum atomic E-state index is -0.160. The highest BCUT2D eigenvalue weighted by molar-refractivity contribution is 5.82. The van der Waals surface area contributed by atoms with Gasteiger partial charge in [-0.25, -0.2) is 0 Å². The van der Waals surface area contributed by atoms with Crippen molar-refractivity contribution in [3.63, 3.8) is 0 Å². The predicted molar refractivity (Wildman–Crippen MR) is 109 cm³/mol. The van der Waals surface area contributed by atoms with E-state index < -0.39 is 0 Å². The van der Waals surface area contributed by atoms with Gasteiger partial charge in [-0.15, -0.1) is 5.10 Å². The number of H-pyrrole nitrogens is 2. The van der Waals surface area contributed by atoms with Crippen molar-refractivity contribution in [2.75, 3.05) is 25.1 Å². The van der Waals surface area contributed by atoms with Crippen LogP contribution in [-0.2, 0) is 9.53 Å². The number of hydrogen-bond donors (Lipinski definition) is 4. The van der Waals surface area contributed by atoms with Gasteiger partial charge in [-0.1, -0.05) is 0 Å². The molecule has 1 aliphatic rings. The van der Waals surface area contributed by atoms with Crippen LogP contribution in [-0.4, -0.2) is 57.1 Å². The Labute approximate surface area is 171 Å². The van der Waals surface area contributed by atoms with Crippen LogP contribution in [0.4, 0.5) is 11.6 Å². The van der Waals surface area contributed by atoms with E-state index in [1.807, 2.05) is 30.3 Å². The summed E-state index contributed by atoms with van der Waals surface area (Å²) in [7, 11) is 0. The number of aromatic amines is 2.